The molecule has 0 N–H and O–H groups in total. The highest BCUT2D eigenvalue weighted by Gasteiger charge is 2.38. The van der Waals surface area contributed by atoms with Crippen molar-refractivity contribution < 1.29 is 18.7 Å². The average Bonchev–Trinajstić information content (AvgIpc) is 3.17. The maximum atomic E-state index is 13.4. The van der Waals surface area contributed by atoms with Crippen LogP contribution in [0.25, 0.3) is 0 Å². The Morgan fingerprint density at radius 1 is 1.16 bits per heavy atom. The minimum Gasteiger partial charge on any atom is -0.492 e. The first-order valence-electron chi connectivity index (χ1n) is 10.5. The molecule has 2 aromatic rings. The van der Waals surface area contributed by atoms with Gasteiger partial charge in [-0.2, -0.15) is 0 Å². The van der Waals surface area contributed by atoms with Gasteiger partial charge in [-0.05, 0) is 37.3 Å². The quantitative estimate of drug-likeness (QED) is 0.706. The Morgan fingerprint density at radius 3 is 2.61 bits per heavy atom. The maximum absolute atomic E-state index is 13.4. The summed E-state index contributed by atoms with van der Waals surface area (Å²) >= 11 is 5.85. The molecule has 2 saturated heterocycles. The second-order valence-electron chi connectivity index (χ2n) is 7.72. The molecular weight excluding hydrogens is 421 g/mol. The van der Waals surface area contributed by atoms with Gasteiger partial charge in [-0.25, -0.2) is 4.39 Å². The molecule has 0 spiro atoms. The zero-order valence-corrected chi connectivity index (χ0v) is 18.1. The number of piperazine rings is 1. The molecule has 4 rings (SSSR count). The fourth-order valence-electron chi connectivity index (χ4n) is 4.20. The van der Waals surface area contributed by atoms with Gasteiger partial charge in [0.25, 0.3) is 0 Å². The van der Waals surface area contributed by atoms with Crippen molar-refractivity contribution in [2.75, 3.05) is 49.1 Å². The van der Waals surface area contributed by atoms with Crippen LogP contribution in [0, 0.1) is 11.7 Å². The van der Waals surface area contributed by atoms with Crippen molar-refractivity contribution in [3.05, 3.63) is 53.3 Å². The molecule has 2 amide bonds. The van der Waals surface area contributed by atoms with Crippen LogP contribution >= 0.6 is 11.6 Å². The molecule has 2 aromatic carbocycles. The lowest BCUT2D eigenvalue weighted by Gasteiger charge is -2.37. The summed E-state index contributed by atoms with van der Waals surface area (Å²) in [5.41, 5.74) is 1.55. The van der Waals surface area contributed by atoms with Gasteiger partial charge in [0, 0.05) is 44.8 Å². The Balaban J connectivity index is 1.38. The molecule has 0 saturated carbocycles. The molecule has 2 aliphatic rings. The van der Waals surface area contributed by atoms with Crippen molar-refractivity contribution >= 4 is 34.8 Å². The summed E-state index contributed by atoms with van der Waals surface area (Å²) in [6.07, 6.45) is 0.154. The summed E-state index contributed by atoms with van der Waals surface area (Å²) in [7, 11) is 0. The number of para-hydroxylation sites is 2. The number of amides is 2. The van der Waals surface area contributed by atoms with E-state index in [1.807, 2.05) is 36.1 Å². The third-order valence-electron chi connectivity index (χ3n) is 5.79. The third-order valence-corrected chi connectivity index (χ3v) is 6.08. The van der Waals surface area contributed by atoms with Crippen LogP contribution in [0.1, 0.15) is 13.3 Å². The van der Waals surface area contributed by atoms with Gasteiger partial charge in [0.15, 0.2) is 0 Å². The summed E-state index contributed by atoms with van der Waals surface area (Å²) in [6.45, 7) is 5.42. The van der Waals surface area contributed by atoms with Crippen molar-refractivity contribution in [2.45, 2.75) is 13.3 Å². The minimum atomic E-state index is -0.534. The van der Waals surface area contributed by atoms with Crippen molar-refractivity contribution in [3.8, 4) is 5.75 Å². The number of carbonyl (C=O) groups is 2. The van der Waals surface area contributed by atoms with E-state index < -0.39 is 11.7 Å². The van der Waals surface area contributed by atoms with Crippen molar-refractivity contribution in [3.63, 3.8) is 0 Å². The van der Waals surface area contributed by atoms with Crippen LogP contribution in [-0.4, -0.2) is 56.0 Å². The van der Waals surface area contributed by atoms with Crippen molar-refractivity contribution in [1.82, 2.24) is 4.90 Å². The molecule has 2 fully saturated rings. The maximum Gasteiger partial charge on any atom is 0.228 e. The van der Waals surface area contributed by atoms with Gasteiger partial charge in [-0.3, -0.25) is 9.59 Å². The Kier molecular flexibility index (Phi) is 6.32. The zero-order chi connectivity index (χ0) is 22.0. The third kappa shape index (κ3) is 4.46. The van der Waals surface area contributed by atoms with Crippen LogP contribution in [0.4, 0.5) is 15.8 Å². The summed E-state index contributed by atoms with van der Waals surface area (Å²) < 4.78 is 19.2. The lowest BCUT2D eigenvalue weighted by molar-refractivity contribution is -0.136. The van der Waals surface area contributed by atoms with Crippen LogP contribution in [0.5, 0.6) is 5.75 Å². The van der Waals surface area contributed by atoms with Crippen molar-refractivity contribution in [2.24, 2.45) is 5.92 Å². The summed E-state index contributed by atoms with van der Waals surface area (Å²) in [5.74, 6) is -0.251. The highest BCUT2D eigenvalue weighted by Crippen LogP contribution is 2.31. The largest absolute Gasteiger partial charge is 0.492 e. The molecule has 0 aromatic heterocycles. The van der Waals surface area contributed by atoms with E-state index in [2.05, 4.69) is 4.90 Å². The average molecular weight is 446 g/mol. The molecule has 31 heavy (non-hydrogen) atoms. The Morgan fingerprint density at radius 2 is 1.90 bits per heavy atom. The summed E-state index contributed by atoms with van der Waals surface area (Å²) in [4.78, 5) is 31.1. The van der Waals surface area contributed by atoms with E-state index in [1.165, 1.54) is 23.1 Å². The fraction of sp³-hybridized carbons (Fsp3) is 0.391. The highest BCUT2D eigenvalue weighted by atomic mass is 35.5. The molecule has 8 heteroatoms. The molecule has 6 nitrogen and oxygen atoms in total. The first kappa shape index (κ1) is 21.4. The van der Waals surface area contributed by atoms with Gasteiger partial charge < -0.3 is 19.4 Å². The van der Waals surface area contributed by atoms with Crippen LogP contribution in [0.3, 0.4) is 0 Å². The Hall–Kier alpha value is -2.80. The number of halogens is 2. The number of hydrogen-bond donors (Lipinski definition) is 0. The van der Waals surface area contributed by atoms with E-state index in [0.717, 1.165) is 11.4 Å². The SMILES string of the molecule is CCOc1ccccc1N1CCN(C(=O)[C@H]2CC(=O)N(c3ccc(F)c(Cl)c3)C2)CC1. The van der Waals surface area contributed by atoms with E-state index in [0.29, 0.717) is 38.5 Å². The number of nitrogens with zero attached hydrogens (tertiary/aromatic N) is 3. The smallest absolute Gasteiger partial charge is 0.228 e. The van der Waals surface area contributed by atoms with Gasteiger partial charge in [0.1, 0.15) is 11.6 Å². The van der Waals surface area contributed by atoms with E-state index >= 15 is 0 Å². The number of ether oxygens (including phenoxy) is 1. The standard InChI is InChI=1S/C23H25ClFN3O3/c1-2-31-21-6-4-3-5-20(21)26-9-11-27(12-10-26)23(30)16-13-22(29)28(15-16)17-7-8-19(25)18(24)14-17/h3-8,14,16H,2,9-13,15H2,1H3/t16-/m0/s1. The van der Waals surface area contributed by atoms with Gasteiger partial charge in [0.05, 0.1) is 23.2 Å². The lowest BCUT2D eigenvalue weighted by Crippen LogP contribution is -2.50. The number of benzene rings is 2. The van der Waals surface area contributed by atoms with Crippen LogP contribution in [0.2, 0.25) is 5.02 Å². The molecule has 1 atom stereocenters. The predicted molar refractivity (Wildman–Crippen MR) is 118 cm³/mol. The molecule has 0 radical (unpaired) electrons. The monoisotopic (exact) mass is 445 g/mol. The van der Waals surface area contributed by atoms with Gasteiger partial charge in [0.2, 0.25) is 11.8 Å². The van der Waals surface area contributed by atoms with Gasteiger partial charge in [-0.15, -0.1) is 0 Å². The fourth-order valence-corrected chi connectivity index (χ4v) is 4.37. The Bertz CT molecular complexity index is 978. The molecule has 0 unspecified atom stereocenters. The second kappa shape index (κ2) is 9.14. The first-order chi connectivity index (χ1) is 15.0. The van der Waals surface area contributed by atoms with E-state index in [9.17, 15) is 14.0 Å². The summed E-state index contributed by atoms with van der Waals surface area (Å²) in [6, 6.07) is 12.1. The molecule has 2 heterocycles. The number of hydrogen-bond acceptors (Lipinski definition) is 4. The second-order valence-corrected chi connectivity index (χ2v) is 8.12. The molecule has 0 aliphatic carbocycles. The highest BCUT2D eigenvalue weighted by molar-refractivity contribution is 6.31. The Labute approximate surface area is 186 Å². The first-order valence-corrected chi connectivity index (χ1v) is 10.9. The lowest BCUT2D eigenvalue weighted by atomic mass is 10.1. The summed E-state index contributed by atoms with van der Waals surface area (Å²) in [5, 5.41) is -0.0384. The zero-order valence-electron chi connectivity index (χ0n) is 17.4. The number of anilines is 2. The van der Waals surface area contributed by atoms with Gasteiger partial charge >= 0.3 is 0 Å². The predicted octanol–water partition coefficient (Wildman–Crippen LogP) is 3.58. The van der Waals surface area contributed by atoms with Crippen molar-refractivity contribution in [1.29, 1.82) is 0 Å². The van der Waals surface area contributed by atoms with Crippen LogP contribution in [-0.2, 0) is 9.59 Å². The van der Waals surface area contributed by atoms with E-state index in [-0.39, 0.29) is 29.8 Å². The molecule has 0 bridgehead atoms. The number of carbonyl (C=O) groups excluding carboxylic acids is 2. The van der Waals surface area contributed by atoms with Crippen LogP contribution < -0.4 is 14.5 Å². The van der Waals surface area contributed by atoms with E-state index in [1.54, 1.807) is 0 Å². The van der Waals surface area contributed by atoms with Crippen LogP contribution in [0.15, 0.2) is 42.5 Å². The molecule has 164 valence electrons. The normalized spacial score (nSPS) is 19.1. The topological polar surface area (TPSA) is 53.1 Å². The molecule has 2 aliphatic heterocycles. The molecular formula is C23H25ClFN3O3. The number of rotatable bonds is 5. The minimum absolute atomic E-state index is 0.0122. The van der Waals surface area contributed by atoms with E-state index in [4.69, 9.17) is 16.3 Å². The van der Waals surface area contributed by atoms with Gasteiger partial charge in [-0.1, -0.05) is 23.7 Å².